The summed E-state index contributed by atoms with van der Waals surface area (Å²) in [6, 6.07) is 10.2. The van der Waals surface area contributed by atoms with Gasteiger partial charge in [-0.2, -0.15) is 0 Å². The van der Waals surface area contributed by atoms with Crippen LogP contribution in [-0.4, -0.2) is 11.6 Å². The van der Waals surface area contributed by atoms with Gasteiger partial charge in [-0.15, -0.1) is 0 Å². The lowest BCUT2D eigenvalue weighted by molar-refractivity contribution is -0.0136. The summed E-state index contributed by atoms with van der Waals surface area (Å²) in [5.74, 6) is 2.58. The van der Waals surface area contributed by atoms with Gasteiger partial charge in [0, 0.05) is 5.54 Å². The van der Waals surface area contributed by atoms with Gasteiger partial charge in [-0.1, -0.05) is 30.3 Å². The highest BCUT2D eigenvalue weighted by Crippen LogP contribution is 2.55. The summed E-state index contributed by atoms with van der Waals surface area (Å²) in [5.41, 5.74) is 1.25. The molecule has 4 aliphatic carbocycles. The first-order chi connectivity index (χ1) is 10.6. The van der Waals surface area contributed by atoms with Gasteiger partial charge in [0.1, 0.15) is 0 Å². The van der Waals surface area contributed by atoms with Crippen LogP contribution in [0.1, 0.15) is 57.1 Å². The Morgan fingerprint density at radius 2 is 1.59 bits per heavy atom. The van der Waals surface area contributed by atoms with Crippen molar-refractivity contribution in [3.63, 3.8) is 0 Å². The van der Waals surface area contributed by atoms with Crippen molar-refractivity contribution in [1.29, 1.82) is 0 Å². The zero-order chi connectivity index (χ0) is 15.2. The maximum Gasteiger partial charge on any atom is 0.315 e. The second-order valence-electron chi connectivity index (χ2n) is 7.93. The van der Waals surface area contributed by atoms with Gasteiger partial charge in [0.05, 0.1) is 6.04 Å². The Kier molecular flexibility index (Phi) is 3.39. The highest BCUT2D eigenvalue weighted by atomic mass is 16.2. The molecular weight excluding hydrogens is 272 g/mol. The molecule has 3 nitrogen and oxygen atoms in total. The van der Waals surface area contributed by atoms with E-state index in [1.165, 1.54) is 38.5 Å². The summed E-state index contributed by atoms with van der Waals surface area (Å²) in [7, 11) is 0. The largest absolute Gasteiger partial charge is 0.333 e. The Morgan fingerprint density at radius 3 is 2.14 bits per heavy atom. The Labute approximate surface area is 132 Å². The van der Waals surface area contributed by atoms with E-state index in [-0.39, 0.29) is 17.6 Å². The van der Waals surface area contributed by atoms with Gasteiger partial charge >= 0.3 is 6.03 Å². The predicted octanol–water partition coefficient (Wildman–Crippen LogP) is 4.02. The summed E-state index contributed by atoms with van der Waals surface area (Å²) < 4.78 is 0. The van der Waals surface area contributed by atoms with Crippen molar-refractivity contribution in [2.45, 2.75) is 57.0 Å². The van der Waals surface area contributed by atoms with E-state index in [1.807, 2.05) is 18.2 Å². The fourth-order valence-corrected chi connectivity index (χ4v) is 5.56. The maximum absolute atomic E-state index is 12.5. The van der Waals surface area contributed by atoms with Crippen LogP contribution in [-0.2, 0) is 0 Å². The number of urea groups is 1. The second kappa shape index (κ2) is 5.29. The average Bonchev–Trinajstić information content (AvgIpc) is 2.45. The molecule has 0 aliphatic heterocycles. The fraction of sp³-hybridized carbons (Fsp3) is 0.632. The summed E-state index contributed by atoms with van der Waals surface area (Å²) in [6.45, 7) is 2.05. The molecule has 4 fully saturated rings. The third-order valence-electron chi connectivity index (χ3n) is 6.06. The first kappa shape index (κ1) is 14.1. The van der Waals surface area contributed by atoms with Gasteiger partial charge in [-0.3, -0.25) is 0 Å². The van der Waals surface area contributed by atoms with Crippen molar-refractivity contribution >= 4 is 6.03 Å². The Hall–Kier alpha value is -1.51. The van der Waals surface area contributed by atoms with Gasteiger partial charge < -0.3 is 10.6 Å². The molecule has 2 N–H and O–H groups in total. The van der Waals surface area contributed by atoms with E-state index in [2.05, 4.69) is 29.7 Å². The number of benzene rings is 1. The van der Waals surface area contributed by atoms with E-state index in [4.69, 9.17) is 0 Å². The second-order valence-corrected chi connectivity index (χ2v) is 7.93. The summed E-state index contributed by atoms with van der Waals surface area (Å²) in [4.78, 5) is 12.5. The van der Waals surface area contributed by atoms with Crippen LogP contribution in [0.5, 0.6) is 0 Å². The molecule has 0 saturated heterocycles. The minimum Gasteiger partial charge on any atom is -0.333 e. The molecular formula is C19H26N2O. The molecule has 0 radical (unpaired) electrons. The fourth-order valence-electron chi connectivity index (χ4n) is 5.56. The Morgan fingerprint density at radius 1 is 1.05 bits per heavy atom. The third-order valence-corrected chi connectivity index (χ3v) is 6.06. The zero-order valence-corrected chi connectivity index (χ0v) is 13.3. The van der Waals surface area contributed by atoms with Crippen LogP contribution in [0.25, 0.3) is 0 Å². The summed E-state index contributed by atoms with van der Waals surface area (Å²) in [5, 5.41) is 6.50. The van der Waals surface area contributed by atoms with E-state index in [0.717, 1.165) is 23.3 Å². The minimum atomic E-state index is 0.0123. The normalized spacial score (nSPS) is 36.9. The standard InChI is InChI=1S/C19H26N2O/c1-13(17-5-3-2-4-6-17)20-18(22)21-19-10-14-7-15(11-19)9-16(8-14)12-19/h2-6,13-16H,7-12H2,1H3,(H2,20,21,22). The number of hydrogen-bond acceptors (Lipinski definition) is 1. The zero-order valence-electron chi connectivity index (χ0n) is 13.3. The van der Waals surface area contributed by atoms with Gasteiger partial charge in [0.25, 0.3) is 0 Å². The smallest absolute Gasteiger partial charge is 0.315 e. The average molecular weight is 298 g/mol. The quantitative estimate of drug-likeness (QED) is 0.869. The topological polar surface area (TPSA) is 41.1 Å². The Balaban J connectivity index is 1.40. The number of carbonyl (C=O) groups excluding carboxylic acids is 1. The van der Waals surface area contributed by atoms with Crippen LogP contribution >= 0.6 is 0 Å². The first-order valence-corrected chi connectivity index (χ1v) is 8.75. The number of rotatable bonds is 3. The highest BCUT2D eigenvalue weighted by Gasteiger charge is 2.51. The Bertz CT molecular complexity index is 519. The molecule has 3 heteroatoms. The summed E-state index contributed by atoms with van der Waals surface area (Å²) in [6.07, 6.45) is 7.82. The van der Waals surface area contributed by atoms with Crippen LogP contribution in [0.2, 0.25) is 0 Å². The lowest BCUT2D eigenvalue weighted by Gasteiger charge is -2.56. The van der Waals surface area contributed by atoms with E-state index >= 15 is 0 Å². The van der Waals surface area contributed by atoms with Gasteiger partial charge in [-0.25, -0.2) is 4.79 Å². The molecule has 4 saturated carbocycles. The number of hydrogen-bond donors (Lipinski definition) is 2. The van der Waals surface area contributed by atoms with Crippen LogP contribution in [0, 0.1) is 17.8 Å². The molecule has 2 amide bonds. The van der Waals surface area contributed by atoms with Crippen LogP contribution in [0.15, 0.2) is 30.3 Å². The van der Waals surface area contributed by atoms with Crippen molar-refractivity contribution in [1.82, 2.24) is 10.6 Å². The van der Waals surface area contributed by atoms with Crippen molar-refractivity contribution in [3.8, 4) is 0 Å². The van der Waals surface area contributed by atoms with Crippen LogP contribution < -0.4 is 10.6 Å². The number of carbonyl (C=O) groups is 1. The number of amides is 2. The van der Waals surface area contributed by atoms with Crippen LogP contribution in [0.4, 0.5) is 4.79 Å². The van der Waals surface area contributed by atoms with Crippen molar-refractivity contribution in [2.24, 2.45) is 17.8 Å². The van der Waals surface area contributed by atoms with E-state index < -0.39 is 0 Å². The monoisotopic (exact) mass is 298 g/mol. The molecule has 118 valence electrons. The number of nitrogens with one attached hydrogen (secondary N) is 2. The van der Waals surface area contributed by atoms with Crippen molar-refractivity contribution in [3.05, 3.63) is 35.9 Å². The molecule has 1 unspecified atom stereocenters. The molecule has 0 heterocycles. The molecule has 4 aliphatic rings. The van der Waals surface area contributed by atoms with Gasteiger partial charge in [-0.05, 0) is 68.8 Å². The molecule has 0 spiro atoms. The molecule has 1 aromatic carbocycles. The van der Waals surface area contributed by atoms with E-state index in [1.54, 1.807) is 0 Å². The first-order valence-electron chi connectivity index (χ1n) is 8.75. The lowest BCUT2D eigenvalue weighted by atomic mass is 9.53. The van der Waals surface area contributed by atoms with E-state index in [9.17, 15) is 4.79 Å². The molecule has 22 heavy (non-hydrogen) atoms. The third kappa shape index (κ3) is 2.62. The van der Waals surface area contributed by atoms with Crippen molar-refractivity contribution in [2.75, 3.05) is 0 Å². The highest BCUT2D eigenvalue weighted by molar-refractivity contribution is 5.75. The molecule has 1 aromatic rings. The van der Waals surface area contributed by atoms with Crippen LogP contribution in [0.3, 0.4) is 0 Å². The van der Waals surface area contributed by atoms with Crippen molar-refractivity contribution < 1.29 is 4.79 Å². The minimum absolute atomic E-state index is 0.0123. The van der Waals surface area contributed by atoms with E-state index in [0.29, 0.717) is 0 Å². The molecule has 4 bridgehead atoms. The SMILES string of the molecule is CC(NC(=O)NC12CC3CC(CC(C3)C1)C2)c1ccccc1. The molecule has 5 rings (SSSR count). The lowest BCUT2D eigenvalue weighted by Crippen LogP contribution is -2.61. The maximum atomic E-state index is 12.5. The summed E-state index contributed by atoms with van der Waals surface area (Å²) >= 11 is 0. The van der Waals surface area contributed by atoms with Gasteiger partial charge in [0.15, 0.2) is 0 Å². The molecule has 0 aromatic heterocycles. The predicted molar refractivity (Wildman–Crippen MR) is 87.4 cm³/mol. The van der Waals surface area contributed by atoms with Gasteiger partial charge in [0.2, 0.25) is 0 Å². The molecule has 1 atom stereocenters.